The summed E-state index contributed by atoms with van der Waals surface area (Å²) in [5.41, 5.74) is 2.62. The van der Waals surface area contributed by atoms with Crippen molar-refractivity contribution in [2.24, 2.45) is 0 Å². The third kappa shape index (κ3) is 3.85. The Bertz CT molecular complexity index is 682. The lowest BCUT2D eigenvalue weighted by atomic mass is 10.1. The summed E-state index contributed by atoms with van der Waals surface area (Å²) in [6.07, 6.45) is 1.84. The molecule has 7 heteroatoms. The van der Waals surface area contributed by atoms with Crippen LogP contribution in [0.15, 0.2) is 29.8 Å². The normalized spacial score (nSPS) is 15.3. The molecule has 2 aromatic rings. The maximum Gasteiger partial charge on any atom is 0.254 e. The Labute approximate surface area is 146 Å². The molecule has 0 radical (unpaired) electrons. The number of ether oxygens (including phenoxy) is 1. The van der Waals surface area contributed by atoms with Gasteiger partial charge in [0.15, 0.2) is 0 Å². The van der Waals surface area contributed by atoms with Gasteiger partial charge in [-0.2, -0.15) is 0 Å². The number of methoxy groups -OCH3 is 1. The number of nitrogens with one attached hydrogen (secondary N) is 1. The lowest BCUT2D eigenvalue weighted by Gasteiger charge is -2.32. The second kappa shape index (κ2) is 7.63. The van der Waals surface area contributed by atoms with Crippen molar-refractivity contribution in [1.82, 2.24) is 14.2 Å². The van der Waals surface area contributed by atoms with Gasteiger partial charge in [-0.1, -0.05) is 0 Å². The minimum Gasteiger partial charge on any atom is -0.495 e. The topological polar surface area (TPSA) is 57.7 Å². The zero-order valence-electron chi connectivity index (χ0n) is 14.0. The van der Waals surface area contributed by atoms with Gasteiger partial charge in [0.05, 0.1) is 12.8 Å². The van der Waals surface area contributed by atoms with E-state index in [0.29, 0.717) is 12.1 Å². The first kappa shape index (κ1) is 16.7. The van der Waals surface area contributed by atoms with Crippen molar-refractivity contribution in [2.75, 3.05) is 45.7 Å². The monoisotopic (exact) mass is 346 g/mol. The number of carbonyl (C=O) groups is 1. The molecule has 0 unspecified atom stereocenters. The van der Waals surface area contributed by atoms with Crippen molar-refractivity contribution in [3.8, 4) is 5.75 Å². The molecule has 0 spiro atoms. The predicted molar refractivity (Wildman–Crippen MR) is 95.8 cm³/mol. The quantitative estimate of drug-likeness (QED) is 0.899. The molecule has 1 aliphatic heterocycles. The third-order valence-corrected chi connectivity index (χ3v) is 4.84. The van der Waals surface area contributed by atoms with Gasteiger partial charge in [-0.3, -0.25) is 4.79 Å². The highest BCUT2D eigenvalue weighted by Gasteiger charge is 2.21. The van der Waals surface area contributed by atoms with Gasteiger partial charge in [0.25, 0.3) is 5.91 Å². The number of hydrogen-bond acceptors (Lipinski definition) is 6. The van der Waals surface area contributed by atoms with Gasteiger partial charge in [0.1, 0.15) is 5.75 Å². The van der Waals surface area contributed by atoms with Crippen molar-refractivity contribution in [3.05, 3.63) is 40.9 Å². The van der Waals surface area contributed by atoms with Crippen molar-refractivity contribution < 1.29 is 9.53 Å². The molecule has 0 aliphatic carbocycles. The Balaban J connectivity index is 1.74. The maximum atomic E-state index is 12.7. The first-order chi connectivity index (χ1) is 11.7. The van der Waals surface area contributed by atoms with Crippen molar-refractivity contribution in [1.29, 1.82) is 0 Å². The van der Waals surface area contributed by atoms with E-state index >= 15 is 0 Å². The van der Waals surface area contributed by atoms with Crippen LogP contribution in [0.5, 0.6) is 5.75 Å². The minimum atomic E-state index is 0.0750. The smallest absolute Gasteiger partial charge is 0.254 e. The van der Waals surface area contributed by atoms with Gasteiger partial charge in [0, 0.05) is 55.4 Å². The van der Waals surface area contributed by atoms with E-state index in [1.165, 1.54) is 11.5 Å². The Morgan fingerprint density at radius 1 is 1.33 bits per heavy atom. The molecule has 1 aliphatic rings. The Morgan fingerprint density at radius 2 is 2.12 bits per heavy atom. The summed E-state index contributed by atoms with van der Waals surface area (Å²) in [5, 5.41) is 5.33. The number of anilines is 1. The van der Waals surface area contributed by atoms with Crippen LogP contribution >= 0.6 is 11.5 Å². The first-order valence-corrected chi connectivity index (χ1v) is 8.79. The number of likely N-dealkylation sites (N-methyl/N-ethyl adjacent to an activating group) is 1. The van der Waals surface area contributed by atoms with Crippen LogP contribution < -0.4 is 10.1 Å². The molecule has 1 saturated heterocycles. The van der Waals surface area contributed by atoms with Gasteiger partial charge in [-0.05, 0) is 36.8 Å². The number of benzene rings is 1. The molecule has 0 atom stereocenters. The number of aromatic nitrogens is 1. The standard InChI is InChI=1S/C17H22N4O2S/c1-20-5-7-21(8-6-20)17(22)14-3-4-16(23-2)15(9-14)18-10-13-11-19-24-12-13/h3-4,9,11-12,18H,5-8,10H2,1-2H3. The summed E-state index contributed by atoms with van der Waals surface area (Å²) in [4.78, 5) is 16.9. The summed E-state index contributed by atoms with van der Waals surface area (Å²) in [6.45, 7) is 4.02. The molecule has 3 rings (SSSR count). The Morgan fingerprint density at radius 3 is 2.79 bits per heavy atom. The average Bonchev–Trinajstić information content (AvgIpc) is 3.13. The van der Waals surface area contributed by atoms with Gasteiger partial charge in [0.2, 0.25) is 0 Å². The van der Waals surface area contributed by atoms with Gasteiger partial charge in [-0.25, -0.2) is 4.37 Å². The largest absolute Gasteiger partial charge is 0.495 e. The molecule has 1 aromatic heterocycles. The zero-order valence-corrected chi connectivity index (χ0v) is 14.8. The van der Waals surface area contributed by atoms with E-state index in [1.807, 2.05) is 34.7 Å². The maximum absolute atomic E-state index is 12.7. The molecule has 128 valence electrons. The number of amides is 1. The molecule has 1 aromatic carbocycles. The summed E-state index contributed by atoms with van der Waals surface area (Å²) in [6, 6.07) is 5.55. The summed E-state index contributed by atoms with van der Waals surface area (Å²) in [5.74, 6) is 0.805. The molecule has 0 saturated carbocycles. The van der Waals surface area contributed by atoms with E-state index in [2.05, 4.69) is 21.6 Å². The van der Waals surface area contributed by atoms with Crippen LogP contribution in [0.3, 0.4) is 0 Å². The predicted octanol–water partition coefficient (Wildman–Crippen LogP) is 2.15. The van der Waals surface area contributed by atoms with Crippen LogP contribution in [-0.2, 0) is 6.54 Å². The van der Waals surface area contributed by atoms with E-state index in [0.717, 1.165) is 43.2 Å². The van der Waals surface area contributed by atoms with E-state index in [4.69, 9.17) is 4.74 Å². The van der Waals surface area contributed by atoms with E-state index in [1.54, 1.807) is 7.11 Å². The van der Waals surface area contributed by atoms with Crippen LogP contribution in [0.2, 0.25) is 0 Å². The van der Waals surface area contributed by atoms with Crippen molar-refractivity contribution >= 4 is 23.1 Å². The molecule has 24 heavy (non-hydrogen) atoms. The van der Waals surface area contributed by atoms with Gasteiger partial charge in [-0.15, -0.1) is 0 Å². The fourth-order valence-corrected chi connectivity index (χ4v) is 3.22. The molecule has 6 nitrogen and oxygen atoms in total. The summed E-state index contributed by atoms with van der Waals surface area (Å²) >= 11 is 1.43. The first-order valence-electron chi connectivity index (χ1n) is 7.95. The van der Waals surface area contributed by atoms with Crippen molar-refractivity contribution in [3.63, 3.8) is 0 Å². The summed E-state index contributed by atoms with van der Waals surface area (Å²) < 4.78 is 9.50. The SMILES string of the molecule is COc1ccc(C(=O)N2CCN(C)CC2)cc1NCc1cnsc1. The second-order valence-corrected chi connectivity index (χ2v) is 6.55. The van der Waals surface area contributed by atoms with E-state index < -0.39 is 0 Å². The van der Waals surface area contributed by atoms with Crippen LogP contribution in [-0.4, -0.2) is 60.4 Å². The molecule has 2 heterocycles. The zero-order chi connectivity index (χ0) is 16.9. The molecule has 0 bridgehead atoms. The lowest BCUT2D eigenvalue weighted by molar-refractivity contribution is 0.0664. The number of rotatable bonds is 5. The second-order valence-electron chi connectivity index (χ2n) is 5.90. The average molecular weight is 346 g/mol. The highest BCUT2D eigenvalue weighted by Crippen LogP contribution is 2.27. The van der Waals surface area contributed by atoms with Gasteiger partial charge >= 0.3 is 0 Å². The number of hydrogen-bond donors (Lipinski definition) is 1. The summed E-state index contributed by atoms with van der Waals surface area (Å²) in [7, 11) is 3.71. The van der Waals surface area contributed by atoms with Crippen LogP contribution in [0.25, 0.3) is 0 Å². The number of piperazine rings is 1. The molecular formula is C17H22N4O2S. The number of carbonyl (C=O) groups excluding carboxylic acids is 1. The van der Waals surface area contributed by atoms with Crippen LogP contribution in [0.1, 0.15) is 15.9 Å². The lowest BCUT2D eigenvalue weighted by Crippen LogP contribution is -2.47. The fraction of sp³-hybridized carbons (Fsp3) is 0.412. The molecule has 1 amide bonds. The molecule has 1 fully saturated rings. The third-order valence-electron chi connectivity index (χ3n) is 4.20. The Kier molecular flexibility index (Phi) is 5.32. The molecule has 1 N–H and O–H groups in total. The van der Waals surface area contributed by atoms with E-state index in [-0.39, 0.29) is 5.91 Å². The highest BCUT2D eigenvalue weighted by atomic mass is 32.1. The van der Waals surface area contributed by atoms with E-state index in [9.17, 15) is 4.79 Å². The fourth-order valence-electron chi connectivity index (χ4n) is 2.68. The Hall–Kier alpha value is -2.12. The number of nitrogens with zero attached hydrogens (tertiary/aromatic N) is 3. The van der Waals surface area contributed by atoms with Crippen molar-refractivity contribution in [2.45, 2.75) is 6.54 Å². The highest BCUT2D eigenvalue weighted by molar-refractivity contribution is 7.03. The minimum absolute atomic E-state index is 0.0750. The molecular weight excluding hydrogens is 324 g/mol. The van der Waals surface area contributed by atoms with Gasteiger partial charge < -0.3 is 19.9 Å². The van der Waals surface area contributed by atoms with Crippen LogP contribution in [0.4, 0.5) is 5.69 Å². The van der Waals surface area contributed by atoms with Crippen LogP contribution in [0, 0.1) is 0 Å².